The number of pyridine rings is 1. The summed E-state index contributed by atoms with van der Waals surface area (Å²) in [7, 11) is 0. The van der Waals surface area contributed by atoms with E-state index in [0.717, 1.165) is 16.8 Å². The summed E-state index contributed by atoms with van der Waals surface area (Å²) in [6.45, 7) is 21.7. The molecule has 1 radical (unpaired) electrons. The first-order valence-corrected chi connectivity index (χ1v) is 10.9. The molecule has 3 rings (SSSR count). The summed E-state index contributed by atoms with van der Waals surface area (Å²) in [5, 5.41) is 11.0. The maximum Gasteiger partial charge on any atom is 0.0167 e. The van der Waals surface area contributed by atoms with Crippen LogP contribution in [0.3, 0.4) is 0 Å². The van der Waals surface area contributed by atoms with Crippen LogP contribution in [0.2, 0.25) is 0 Å². The second-order valence-corrected chi connectivity index (χ2v) is 8.96. The zero-order valence-corrected chi connectivity index (χ0v) is 22.9. The first-order valence-electron chi connectivity index (χ1n) is 10.9. The Kier molecular flexibility index (Phi) is 10.5. The van der Waals surface area contributed by atoms with Gasteiger partial charge in [-0.3, -0.25) is 6.58 Å². The maximum atomic E-state index is 8.48. The summed E-state index contributed by atoms with van der Waals surface area (Å²) >= 11 is 0. The molecular weight excluding hydrogens is 571 g/mol. The summed E-state index contributed by atoms with van der Waals surface area (Å²) < 4.78 is 0. The third-order valence-electron chi connectivity index (χ3n) is 5.06. The molecule has 1 N–H and O–H groups in total. The van der Waals surface area contributed by atoms with Gasteiger partial charge in [0.15, 0.2) is 0 Å². The van der Waals surface area contributed by atoms with Gasteiger partial charge in [0.1, 0.15) is 0 Å². The fraction of sp³-hybridized carbons (Fsp3) is 0.345. The van der Waals surface area contributed by atoms with E-state index in [-0.39, 0.29) is 25.9 Å². The van der Waals surface area contributed by atoms with Crippen molar-refractivity contribution in [2.45, 2.75) is 67.2 Å². The third-order valence-corrected chi connectivity index (χ3v) is 5.06. The summed E-state index contributed by atoms with van der Waals surface area (Å²) in [4.78, 5) is 4.73. The Morgan fingerprint density at radius 2 is 1.66 bits per heavy atom. The molecule has 0 aliphatic rings. The molecule has 0 amide bonds. The van der Waals surface area contributed by atoms with Gasteiger partial charge >= 0.3 is 0 Å². The van der Waals surface area contributed by atoms with Crippen LogP contribution >= 0.6 is 0 Å². The van der Waals surface area contributed by atoms with Crippen LogP contribution in [0, 0.1) is 26.5 Å². The first-order chi connectivity index (χ1) is 14.5. The van der Waals surface area contributed by atoms with Crippen molar-refractivity contribution in [2.24, 2.45) is 0 Å². The van der Waals surface area contributed by atoms with Crippen LogP contribution in [0.4, 0.5) is 0 Å². The van der Waals surface area contributed by atoms with E-state index in [2.05, 4.69) is 77.9 Å². The molecule has 0 aliphatic carbocycles. The number of aromatic nitrogens is 1. The number of allylic oxidation sites excluding steroid dienone is 3. The average molecular weight is 606 g/mol. The molecule has 3 aromatic rings. The van der Waals surface area contributed by atoms with Gasteiger partial charge in [0, 0.05) is 32.1 Å². The van der Waals surface area contributed by atoms with E-state index in [1.807, 2.05) is 6.20 Å². The maximum absolute atomic E-state index is 8.48. The van der Waals surface area contributed by atoms with Gasteiger partial charge in [-0.15, -0.1) is 34.9 Å². The van der Waals surface area contributed by atoms with Crippen LogP contribution in [0.5, 0.6) is 0 Å². The second-order valence-electron chi connectivity index (χ2n) is 8.96. The molecule has 3 heteroatoms. The molecule has 2 aromatic carbocycles. The minimum absolute atomic E-state index is 0. The van der Waals surface area contributed by atoms with E-state index in [4.69, 9.17) is 16.7 Å². The van der Waals surface area contributed by atoms with Crippen LogP contribution in [0.15, 0.2) is 53.9 Å². The zero-order valence-electron chi connectivity index (χ0n) is 20.5. The standard InChI is InChI=1S/C23H26N.C6H9O.Ir/c1-14(2)18-12-21(15(3)4)20-7-8-24-23(22(20)13-18)19-10-16(5)9-17(6)11-19;1-5(2)4-6(3)7;/h7-10,12-15H,1-6H3;1,4,7H,2-3H3;/q2*-1;/b;6-4-;. The Labute approximate surface area is 207 Å². The average Bonchev–Trinajstić information content (AvgIpc) is 2.65. The number of benzene rings is 2. The summed E-state index contributed by atoms with van der Waals surface area (Å²) in [6.07, 6.45) is 3.43. The Bertz CT molecular complexity index is 1090. The van der Waals surface area contributed by atoms with E-state index < -0.39 is 0 Å². The number of nitrogens with zero attached hydrogens (tertiary/aromatic N) is 1. The van der Waals surface area contributed by atoms with Crippen LogP contribution in [-0.2, 0) is 20.1 Å². The van der Waals surface area contributed by atoms with Crippen molar-refractivity contribution in [2.75, 3.05) is 0 Å². The van der Waals surface area contributed by atoms with Gasteiger partial charge in [0.25, 0.3) is 0 Å². The number of hydrogen-bond acceptors (Lipinski definition) is 2. The van der Waals surface area contributed by atoms with Crippen LogP contribution in [0.1, 0.15) is 75.6 Å². The second kappa shape index (κ2) is 12.1. The van der Waals surface area contributed by atoms with Gasteiger partial charge in [-0.25, -0.2) is 5.57 Å². The van der Waals surface area contributed by atoms with Crippen LogP contribution in [0.25, 0.3) is 22.0 Å². The van der Waals surface area contributed by atoms with E-state index in [1.165, 1.54) is 33.5 Å². The summed E-state index contributed by atoms with van der Waals surface area (Å²) in [5.74, 6) is 1.24. The number of aryl methyl sites for hydroxylation is 2. The molecule has 1 aromatic heterocycles. The smallest absolute Gasteiger partial charge is 0.0167 e. The normalized spacial score (nSPS) is 11.2. The van der Waals surface area contributed by atoms with Crippen molar-refractivity contribution in [3.8, 4) is 11.3 Å². The number of hydrogen-bond donors (Lipinski definition) is 1. The molecule has 0 saturated heterocycles. The SMILES string of the molecule is Cc1[c-]c(-c2nccc3c(C(C)C)cc(C(C)C)cc23)cc(C)c1.[CH-]=C(C)/C=C(/C)O.[Ir]. The summed E-state index contributed by atoms with van der Waals surface area (Å²) in [5.41, 5.74) is 7.96. The number of rotatable bonds is 4. The zero-order chi connectivity index (χ0) is 23.3. The molecule has 0 spiro atoms. The molecular formula is C29H35IrNO-2. The van der Waals surface area contributed by atoms with Gasteiger partial charge in [0.05, 0.1) is 0 Å². The van der Waals surface area contributed by atoms with Crippen LogP contribution in [-0.4, -0.2) is 10.1 Å². The molecule has 0 bridgehead atoms. The largest absolute Gasteiger partial charge is 0.531 e. The quantitative estimate of drug-likeness (QED) is 0.184. The number of fused-ring (bicyclic) bond motifs is 1. The van der Waals surface area contributed by atoms with Gasteiger partial charge < -0.3 is 10.1 Å². The molecule has 0 aliphatic heterocycles. The minimum Gasteiger partial charge on any atom is -0.531 e. The fourth-order valence-corrected chi connectivity index (χ4v) is 3.71. The van der Waals surface area contributed by atoms with Gasteiger partial charge in [-0.05, 0) is 52.4 Å². The van der Waals surface area contributed by atoms with Crippen molar-refractivity contribution in [1.29, 1.82) is 0 Å². The van der Waals surface area contributed by atoms with Gasteiger partial charge in [0.2, 0.25) is 0 Å². The Balaban J connectivity index is 0.000000558. The molecule has 0 atom stereocenters. The van der Waals surface area contributed by atoms with Gasteiger partial charge in [-0.1, -0.05) is 60.6 Å². The molecule has 0 unspecified atom stereocenters. The Morgan fingerprint density at radius 1 is 1.00 bits per heavy atom. The molecule has 32 heavy (non-hydrogen) atoms. The van der Waals surface area contributed by atoms with Crippen LogP contribution < -0.4 is 0 Å². The monoisotopic (exact) mass is 606 g/mol. The fourth-order valence-electron chi connectivity index (χ4n) is 3.71. The molecule has 2 nitrogen and oxygen atoms in total. The van der Waals surface area contributed by atoms with E-state index in [1.54, 1.807) is 13.8 Å². The Morgan fingerprint density at radius 3 is 2.12 bits per heavy atom. The van der Waals surface area contributed by atoms with Crippen molar-refractivity contribution in [3.63, 3.8) is 0 Å². The topological polar surface area (TPSA) is 33.1 Å². The number of aliphatic hydroxyl groups is 1. The summed E-state index contributed by atoms with van der Waals surface area (Å²) in [6, 6.07) is 14.7. The molecule has 0 saturated carbocycles. The van der Waals surface area contributed by atoms with Gasteiger partial charge in [-0.2, -0.15) is 6.08 Å². The molecule has 0 fully saturated rings. The van der Waals surface area contributed by atoms with Crippen molar-refractivity contribution < 1.29 is 25.2 Å². The number of aliphatic hydroxyl groups excluding tert-OH is 1. The van der Waals surface area contributed by atoms with E-state index >= 15 is 0 Å². The van der Waals surface area contributed by atoms with Crippen molar-refractivity contribution >= 4 is 10.8 Å². The van der Waals surface area contributed by atoms with E-state index in [9.17, 15) is 0 Å². The van der Waals surface area contributed by atoms with Crippen molar-refractivity contribution in [3.05, 3.63) is 88.8 Å². The molecule has 173 valence electrons. The molecule has 1 heterocycles. The predicted molar refractivity (Wildman–Crippen MR) is 134 cm³/mol. The predicted octanol–water partition coefficient (Wildman–Crippen LogP) is 8.39. The van der Waals surface area contributed by atoms with Crippen molar-refractivity contribution in [1.82, 2.24) is 4.98 Å². The first kappa shape index (κ1) is 27.8. The van der Waals surface area contributed by atoms with E-state index in [0.29, 0.717) is 17.4 Å². The Hall–Kier alpha value is -2.22. The minimum atomic E-state index is 0. The third kappa shape index (κ3) is 7.43.